The van der Waals surface area contributed by atoms with Gasteiger partial charge in [0.05, 0.1) is 6.10 Å². The summed E-state index contributed by atoms with van der Waals surface area (Å²) in [5.41, 5.74) is 0. The van der Waals surface area contributed by atoms with Gasteiger partial charge in [-0.05, 0) is 52.2 Å². The smallest absolute Gasteiger partial charge is 0.193 e. The molecule has 0 aromatic heterocycles. The summed E-state index contributed by atoms with van der Waals surface area (Å²) in [6, 6.07) is 0.665. The van der Waals surface area contributed by atoms with E-state index in [4.69, 9.17) is 4.99 Å². The van der Waals surface area contributed by atoms with Gasteiger partial charge in [0.2, 0.25) is 0 Å². The molecular formula is C19H40IN5O. The molecule has 0 saturated carbocycles. The van der Waals surface area contributed by atoms with E-state index in [1.165, 1.54) is 6.42 Å². The van der Waals surface area contributed by atoms with Crippen LogP contribution in [0.3, 0.4) is 0 Å². The van der Waals surface area contributed by atoms with Crippen molar-refractivity contribution in [2.45, 2.75) is 58.6 Å². The molecule has 1 atom stereocenters. The van der Waals surface area contributed by atoms with Gasteiger partial charge >= 0.3 is 0 Å². The minimum Gasteiger partial charge on any atom is -0.393 e. The van der Waals surface area contributed by atoms with Gasteiger partial charge in [-0.3, -0.25) is 9.89 Å². The summed E-state index contributed by atoms with van der Waals surface area (Å²) >= 11 is 0. The number of halogens is 1. The lowest BCUT2D eigenvalue weighted by molar-refractivity contribution is 0.0824. The van der Waals surface area contributed by atoms with Crippen LogP contribution in [-0.4, -0.2) is 96.8 Å². The highest BCUT2D eigenvalue weighted by Gasteiger charge is 2.27. The summed E-state index contributed by atoms with van der Waals surface area (Å²) in [7, 11) is 0. The summed E-state index contributed by atoms with van der Waals surface area (Å²) in [5, 5.41) is 13.1. The van der Waals surface area contributed by atoms with Crippen molar-refractivity contribution < 1.29 is 5.11 Å². The SMILES string of the molecule is CCNC(=NCCCN1CCC(O)CC1)N1CCC(N(CC)CC)C1.I. The van der Waals surface area contributed by atoms with E-state index in [1.807, 2.05) is 0 Å². The van der Waals surface area contributed by atoms with Gasteiger partial charge in [-0.2, -0.15) is 0 Å². The van der Waals surface area contributed by atoms with Gasteiger partial charge < -0.3 is 20.2 Å². The van der Waals surface area contributed by atoms with Crippen molar-refractivity contribution in [2.24, 2.45) is 4.99 Å². The lowest BCUT2D eigenvalue weighted by atomic mass is 10.1. The Morgan fingerprint density at radius 1 is 1.12 bits per heavy atom. The predicted octanol–water partition coefficient (Wildman–Crippen LogP) is 1.83. The minimum absolute atomic E-state index is 0. The zero-order chi connectivity index (χ0) is 18.1. The van der Waals surface area contributed by atoms with Crippen LogP contribution in [0, 0.1) is 0 Å². The molecule has 0 bridgehead atoms. The number of likely N-dealkylation sites (tertiary alicyclic amines) is 2. The largest absolute Gasteiger partial charge is 0.393 e. The maximum Gasteiger partial charge on any atom is 0.193 e. The third-order valence-corrected chi connectivity index (χ3v) is 5.58. The van der Waals surface area contributed by atoms with E-state index in [0.29, 0.717) is 6.04 Å². The number of likely N-dealkylation sites (N-methyl/N-ethyl adjacent to an activating group) is 1. The molecule has 6 nitrogen and oxygen atoms in total. The molecule has 0 aromatic rings. The highest BCUT2D eigenvalue weighted by molar-refractivity contribution is 14.0. The van der Waals surface area contributed by atoms with Crippen LogP contribution in [0.2, 0.25) is 0 Å². The Morgan fingerprint density at radius 2 is 1.81 bits per heavy atom. The van der Waals surface area contributed by atoms with Crippen LogP contribution in [0.15, 0.2) is 4.99 Å². The zero-order valence-electron chi connectivity index (χ0n) is 17.0. The average Bonchev–Trinajstić information content (AvgIpc) is 3.10. The van der Waals surface area contributed by atoms with Crippen molar-refractivity contribution in [1.29, 1.82) is 0 Å². The molecule has 0 amide bonds. The van der Waals surface area contributed by atoms with E-state index in [0.717, 1.165) is 84.1 Å². The number of nitrogens with zero attached hydrogens (tertiary/aromatic N) is 4. The fraction of sp³-hybridized carbons (Fsp3) is 0.947. The maximum atomic E-state index is 9.58. The number of aliphatic imine (C=N–C) groups is 1. The summed E-state index contributed by atoms with van der Waals surface area (Å²) in [5.74, 6) is 1.09. The highest BCUT2D eigenvalue weighted by Crippen LogP contribution is 2.15. The Balaban J connectivity index is 0.00000338. The number of aliphatic hydroxyl groups excluding tert-OH is 1. The van der Waals surface area contributed by atoms with E-state index in [-0.39, 0.29) is 30.1 Å². The second-order valence-electron chi connectivity index (χ2n) is 7.27. The first-order valence-electron chi connectivity index (χ1n) is 10.4. The van der Waals surface area contributed by atoms with Crippen molar-refractivity contribution in [3.05, 3.63) is 0 Å². The summed E-state index contributed by atoms with van der Waals surface area (Å²) in [4.78, 5) is 12.3. The first kappa shape index (κ1) is 23.9. The zero-order valence-corrected chi connectivity index (χ0v) is 19.3. The lowest BCUT2D eigenvalue weighted by Gasteiger charge is -2.29. The van der Waals surface area contributed by atoms with E-state index >= 15 is 0 Å². The monoisotopic (exact) mass is 481 g/mol. The van der Waals surface area contributed by atoms with Gasteiger partial charge in [0.25, 0.3) is 0 Å². The third-order valence-electron chi connectivity index (χ3n) is 5.58. The summed E-state index contributed by atoms with van der Waals surface area (Å²) < 4.78 is 0. The first-order valence-corrected chi connectivity index (χ1v) is 10.4. The number of hydrogen-bond donors (Lipinski definition) is 2. The molecule has 2 aliphatic heterocycles. The minimum atomic E-state index is -0.0800. The first-order chi connectivity index (χ1) is 12.2. The quantitative estimate of drug-likeness (QED) is 0.240. The van der Waals surface area contributed by atoms with Crippen LogP contribution in [0.1, 0.15) is 46.5 Å². The van der Waals surface area contributed by atoms with E-state index in [9.17, 15) is 5.11 Å². The van der Waals surface area contributed by atoms with Gasteiger partial charge in [0.15, 0.2) is 5.96 Å². The Bertz CT molecular complexity index is 397. The second-order valence-corrected chi connectivity index (χ2v) is 7.27. The molecule has 1 unspecified atom stereocenters. The Morgan fingerprint density at radius 3 is 2.42 bits per heavy atom. The molecule has 2 fully saturated rings. The van der Waals surface area contributed by atoms with Crippen LogP contribution in [0.5, 0.6) is 0 Å². The third kappa shape index (κ3) is 7.48. The average molecular weight is 481 g/mol. The number of aliphatic hydroxyl groups is 1. The molecule has 2 saturated heterocycles. The van der Waals surface area contributed by atoms with E-state index in [2.05, 4.69) is 40.8 Å². The molecule has 2 heterocycles. The second kappa shape index (κ2) is 13.1. The van der Waals surface area contributed by atoms with Crippen molar-refractivity contribution >= 4 is 29.9 Å². The Kier molecular flexibility index (Phi) is 12.1. The molecule has 26 heavy (non-hydrogen) atoms. The Labute approximate surface area is 177 Å². The molecule has 0 spiro atoms. The number of nitrogens with one attached hydrogen (secondary N) is 1. The van der Waals surface area contributed by atoms with Gasteiger partial charge in [-0.1, -0.05) is 13.8 Å². The van der Waals surface area contributed by atoms with Crippen LogP contribution in [-0.2, 0) is 0 Å². The van der Waals surface area contributed by atoms with Crippen LogP contribution >= 0.6 is 24.0 Å². The number of hydrogen-bond acceptors (Lipinski definition) is 4. The van der Waals surface area contributed by atoms with E-state index < -0.39 is 0 Å². The predicted molar refractivity (Wildman–Crippen MR) is 121 cm³/mol. The molecule has 0 radical (unpaired) electrons. The fourth-order valence-electron chi connectivity index (χ4n) is 4.02. The number of guanidine groups is 1. The van der Waals surface area contributed by atoms with Gasteiger partial charge in [0.1, 0.15) is 0 Å². The van der Waals surface area contributed by atoms with Gasteiger partial charge in [-0.15, -0.1) is 24.0 Å². The summed E-state index contributed by atoms with van der Waals surface area (Å²) in [6.45, 7) is 16.1. The molecule has 2 N–H and O–H groups in total. The molecule has 0 aromatic carbocycles. The van der Waals surface area contributed by atoms with Crippen molar-refractivity contribution in [3.8, 4) is 0 Å². The van der Waals surface area contributed by atoms with Crippen LogP contribution in [0.25, 0.3) is 0 Å². The number of piperidine rings is 1. The molecular weight excluding hydrogens is 441 g/mol. The highest BCUT2D eigenvalue weighted by atomic mass is 127. The Hall–Kier alpha value is -0.120. The fourth-order valence-corrected chi connectivity index (χ4v) is 4.02. The van der Waals surface area contributed by atoms with Gasteiger partial charge in [0, 0.05) is 45.3 Å². The topological polar surface area (TPSA) is 54.3 Å². The van der Waals surface area contributed by atoms with Crippen molar-refractivity contribution in [2.75, 3.05) is 58.9 Å². The standard InChI is InChI=1S/C19H39N5O.HI/c1-4-20-19(24-15-8-17(16-24)23(5-2)6-3)21-11-7-12-22-13-9-18(25)10-14-22;/h17-18,25H,4-16H2,1-3H3,(H,20,21);1H. The van der Waals surface area contributed by atoms with Crippen LogP contribution < -0.4 is 5.32 Å². The molecule has 2 rings (SSSR count). The normalized spacial score (nSPS) is 22.7. The lowest BCUT2D eigenvalue weighted by Crippen LogP contribution is -2.43. The van der Waals surface area contributed by atoms with E-state index in [1.54, 1.807) is 0 Å². The number of rotatable bonds is 8. The van der Waals surface area contributed by atoms with Crippen LogP contribution in [0.4, 0.5) is 0 Å². The van der Waals surface area contributed by atoms with Crippen molar-refractivity contribution in [1.82, 2.24) is 20.0 Å². The molecule has 0 aliphatic carbocycles. The van der Waals surface area contributed by atoms with Crippen molar-refractivity contribution in [3.63, 3.8) is 0 Å². The molecule has 154 valence electrons. The maximum absolute atomic E-state index is 9.58. The summed E-state index contributed by atoms with van der Waals surface area (Å²) in [6.07, 6.45) is 4.10. The van der Waals surface area contributed by atoms with Gasteiger partial charge in [-0.25, -0.2) is 0 Å². The molecule has 7 heteroatoms. The molecule has 2 aliphatic rings.